The number of aryl methyl sites for hydroxylation is 1. The number of hydrogen-bond donors (Lipinski definition) is 1. The molecule has 146 valence electrons. The maximum Gasteiger partial charge on any atom is 0.387 e. The molecule has 28 heavy (non-hydrogen) atoms. The highest BCUT2D eigenvalue weighted by Gasteiger charge is 2.14. The quantitative estimate of drug-likeness (QED) is 0.547. The first-order valence-corrected chi connectivity index (χ1v) is 8.62. The van der Waals surface area contributed by atoms with Crippen LogP contribution in [-0.4, -0.2) is 12.5 Å². The van der Waals surface area contributed by atoms with Crippen LogP contribution in [0.1, 0.15) is 21.9 Å². The van der Waals surface area contributed by atoms with E-state index in [2.05, 4.69) is 10.1 Å². The standard InChI is InChI=1S/C20H16ClF2NO4/c1-12-9-15(28-20(22)23)5-7-17(12)24-19(25)18-8-6-16(27-18)11-26-14-4-2-3-13(21)10-14/h2-10,20H,11H2,1H3,(H,24,25). The monoisotopic (exact) mass is 407 g/mol. The normalized spacial score (nSPS) is 10.8. The van der Waals surface area contributed by atoms with Crippen LogP contribution >= 0.6 is 11.6 Å². The van der Waals surface area contributed by atoms with Crippen LogP contribution in [0, 0.1) is 6.92 Å². The molecule has 0 aliphatic rings. The fourth-order valence-corrected chi connectivity index (χ4v) is 2.61. The molecule has 0 fully saturated rings. The van der Waals surface area contributed by atoms with Crippen molar-refractivity contribution in [2.24, 2.45) is 0 Å². The molecule has 1 amide bonds. The van der Waals surface area contributed by atoms with Crippen molar-refractivity contribution < 1.29 is 27.5 Å². The van der Waals surface area contributed by atoms with Crippen LogP contribution in [0.2, 0.25) is 5.02 Å². The summed E-state index contributed by atoms with van der Waals surface area (Å²) in [5.74, 6) is 0.680. The van der Waals surface area contributed by atoms with Crippen molar-refractivity contribution in [3.8, 4) is 11.5 Å². The van der Waals surface area contributed by atoms with E-state index in [1.54, 1.807) is 37.3 Å². The minimum absolute atomic E-state index is 0.0175. The van der Waals surface area contributed by atoms with Gasteiger partial charge in [0.1, 0.15) is 23.9 Å². The third kappa shape index (κ3) is 5.23. The predicted octanol–water partition coefficient (Wildman–Crippen LogP) is 5.67. The molecule has 0 atom stereocenters. The fraction of sp³-hybridized carbons (Fsp3) is 0.150. The summed E-state index contributed by atoms with van der Waals surface area (Å²) >= 11 is 5.90. The first kappa shape index (κ1) is 19.7. The highest BCUT2D eigenvalue weighted by Crippen LogP contribution is 2.24. The first-order valence-electron chi connectivity index (χ1n) is 8.24. The van der Waals surface area contributed by atoms with Crippen molar-refractivity contribution in [1.29, 1.82) is 0 Å². The minimum Gasteiger partial charge on any atom is -0.486 e. The second kappa shape index (κ2) is 8.75. The van der Waals surface area contributed by atoms with Crippen molar-refractivity contribution in [2.75, 3.05) is 5.32 Å². The third-order valence-electron chi connectivity index (χ3n) is 3.73. The first-order chi connectivity index (χ1) is 13.4. The summed E-state index contributed by atoms with van der Waals surface area (Å²) in [5, 5.41) is 3.22. The van der Waals surface area contributed by atoms with Crippen molar-refractivity contribution >= 4 is 23.2 Å². The van der Waals surface area contributed by atoms with E-state index in [-0.39, 0.29) is 18.1 Å². The van der Waals surface area contributed by atoms with E-state index in [9.17, 15) is 13.6 Å². The van der Waals surface area contributed by atoms with Crippen LogP contribution in [-0.2, 0) is 6.61 Å². The molecule has 8 heteroatoms. The molecule has 3 rings (SSSR count). The lowest BCUT2D eigenvalue weighted by Crippen LogP contribution is -2.12. The SMILES string of the molecule is Cc1cc(OC(F)F)ccc1NC(=O)c1ccc(COc2cccc(Cl)c2)o1. The molecular weight excluding hydrogens is 392 g/mol. The lowest BCUT2D eigenvalue weighted by Gasteiger charge is -2.10. The topological polar surface area (TPSA) is 60.7 Å². The van der Waals surface area contributed by atoms with Crippen molar-refractivity contribution in [3.63, 3.8) is 0 Å². The van der Waals surface area contributed by atoms with Gasteiger partial charge in [0.25, 0.3) is 5.91 Å². The molecule has 3 aromatic rings. The molecule has 0 saturated carbocycles. The molecule has 0 aliphatic carbocycles. The minimum atomic E-state index is -2.91. The molecule has 0 radical (unpaired) electrons. The van der Waals surface area contributed by atoms with E-state index in [1.165, 1.54) is 24.3 Å². The summed E-state index contributed by atoms with van der Waals surface area (Å²) in [7, 11) is 0. The molecule has 0 spiro atoms. The number of furan rings is 1. The van der Waals surface area contributed by atoms with Gasteiger partial charge < -0.3 is 19.2 Å². The van der Waals surface area contributed by atoms with Crippen LogP contribution < -0.4 is 14.8 Å². The van der Waals surface area contributed by atoms with Gasteiger partial charge in [0.05, 0.1) is 0 Å². The van der Waals surface area contributed by atoms with Gasteiger partial charge in [0, 0.05) is 10.7 Å². The van der Waals surface area contributed by atoms with Crippen molar-refractivity contribution in [1.82, 2.24) is 0 Å². The second-order valence-corrected chi connectivity index (χ2v) is 6.26. The van der Waals surface area contributed by atoms with Gasteiger partial charge in [0.2, 0.25) is 0 Å². The van der Waals surface area contributed by atoms with E-state index in [1.807, 2.05) is 0 Å². The number of carbonyl (C=O) groups excluding carboxylic acids is 1. The molecule has 0 saturated heterocycles. The molecule has 5 nitrogen and oxygen atoms in total. The maximum absolute atomic E-state index is 12.3. The van der Waals surface area contributed by atoms with Gasteiger partial charge in [0.15, 0.2) is 5.76 Å². The second-order valence-electron chi connectivity index (χ2n) is 5.82. The number of hydrogen-bond acceptors (Lipinski definition) is 4. The summed E-state index contributed by atoms with van der Waals surface area (Å²) in [5.41, 5.74) is 1.03. The Labute approximate surface area is 164 Å². The van der Waals surface area contributed by atoms with Crippen LogP contribution in [0.15, 0.2) is 59.0 Å². The van der Waals surface area contributed by atoms with Crippen LogP contribution in [0.5, 0.6) is 11.5 Å². The van der Waals surface area contributed by atoms with Crippen molar-refractivity contribution in [2.45, 2.75) is 20.1 Å². The summed E-state index contributed by atoms with van der Waals surface area (Å²) < 4.78 is 39.9. The third-order valence-corrected chi connectivity index (χ3v) is 3.97. The van der Waals surface area contributed by atoms with Crippen LogP contribution in [0.3, 0.4) is 0 Å². The maximum atomic E-state index is 12.3. The lowest BCUT2D eigenvalue weighted by atomic mass is 10.2. The van der Waals surface area contributed by atoms with Crippen LogP contribution in [0.25, 0.3) is 0 Å². The van der Waals surface area contributed by atoms with Gasteiger partial charge in [-0.05, 0) is 61.0 Å². The molecule has 1 heterocycles. The highest BCUT2D eigenvalue weighted by molar-refractivity contribution is 6.30. The van der Waals surface area contributed by atoms with E-state index in [4.69, 9.17) is 20.8 Å². The van der Waals surface area contributed by atoms with E-state index < -0.39 is 12.5 Å². The Hall–Kier alpha value is -3.06. The summed E-state index contributed by atoms with van der Waals surface area (Å²) in [6, 6.07) is 14.3. The molecule has 0 bridgehead atoms. The number of anilines is 1. The van der Waals surface area contributed by atoms with Gasteiger partial charge in [-0.1, -0.05) is 17.7 Å². The zero-order chi connectivity index (χ0) is 20.1. The smallest absolute Gasteiger partial charge is 0.387 e. The number of rotatable bonds is 7. The zero-order valence-corrected chi connectivity index (χ0v) is 15.5. The number of ether oxygens (including phenoxy) is 2. The Kier molecular flexibility index (Phi) is 6.16. The van der Waals surface area contributed by atoms with Crippen LogP contribution in [0.4, 0.5) is 14.5 Å². The van der Waals surface area contributed by atoms with E-state index >= 15 is 0 Å². The summed E-state index contributed by atoms with van der Waals surface area (Å²) in [6.45, 7) is -1.11. The molecule has 1 aromatic heterocycles. The Morgan fingerprint density at radius 1 is 1.14 bits per heavy atom. The Morgan fingerprint density at radius 3 is 2.68 bits per heavy atom. The Balaban J connectivity index is 1.61. The summed E-state index contributed by atoms with van der Waals surface area (Å²) in [4.78, 5) is 12.3. The molecule has 0 aliphatic heterocycles. The summed E-state index contributed by atoms with van der Waals surface area (Å²) in [6.07, 6.45) is 0. The van der Waals surface area contributed by atoms with Gasteiger partial charge in [-0.2, -0.15) is 8.78 Å². The highest BCUT2D eigenvalue weighted by atomic mass is 35.5. The predicted molar refractivity (Wildman–Crippen MR) is 100 cm³/mol. The molecular formula is C20H16ClF2NO4. The van der Waals surface area contributed by atoms with Gasteiger partial charge >= 0.3 is 6.61 Å². The van der Waals surface area contributed by atoms with E-state index in [0.717, 1.165) is 0 Å². The van der Waals surface area contributed by atoms with Gasteiger partial charge in [-0.15, -0.1) is 0 Å². The average molecular weight is 408 g/mol. The average Bonchev–Trinajstić information content (AvgIpc) is 3.11. The molecule has 2 aromatic carbocycles. The molecule has 0 unspecified atom stereocenters. The number of amides is 1. The Bertz CT molecular complexity index is 974. The Morgan fingerprint density at radius 2 is 1.96 bits per heavy atom. The van der Waals surface area contributed by atoms with Gasteiger partial charge in [-0.25, -0.2) is 0 Å². The van der Waals surface area contributed by atoms with Crippen molar-refractivity contribution in [3.05, 3.63) is 76.7 Å². The number of halogens is 3. The van der Waals surface area contributed by atoms with E-state index in [0.29, 0.717) is 27.8 Å². The molecule has 1 N–H and O–H groups in total. The lowest BCUT2D eigenvalue weighted by molar-refractivity contribution is -0.0498. The zero-order valence-electron chi connectivity index (χ0n) is 14.7. The number of carbonyl (C=O) groups is 1. The number of alkyl halides is 2. The number of benzene rings is 2. The largest absolute Gasteiger partial charge is 0.486 e. The van der Waals surface area contributed by atoms with Gasteiger partial charge in [-0.3, -0.25) is 4.79 Å². The number of nitrogens with one attached hydrogen (secondary N) is 1. The fourth-order valence-electron chi connectivity index (χ4n) is 2.43.